The molecule has 0 atom stereocenters. The molecular weight excluding hydrogens is 290 g/mol. The first-order valence-corrected chi connectivity index (χ1v) is 6.96. The van der Waals surface area contributed by atoms with Crippen LogP contribution < -0.4 is 10.1 Å². The van der Waals surface area contributed by atoms with Crippen molar-refractivity contribution in [1.29, 1.82) is 0 Å². The smallest absolute Gasteiger partial charge is 0.337 e. The Morgan fingerprint density at radius 3 is 2.57 bits per heavy atom. The molecule has 0 amide bonds. The first-order valence-electron chi connectivity index (χ1n) is 6.58. The van der Waals surface area contributed by atoms with E-state index >= 15 is 0 Å². The van der Waals surface area contributed by atoms with E-state index in [2.05, 4.69) is 5.32 Å². The molecule has 2 aromatic carbocycles. The van der Waals surface area contributed by atoms with E-state index in [1.807, 2.05) is 31.2 Å². The molecule has 21 heavy (non-hydrogen) atoms. The number of halogens is 1. The van der Waals surface area contributed by atoms with Crippen LogP contribution in [-0.4, -0.2) is 17.7 Å². The van der Waals surface area contributed by atoms with Crippen LogP contribution in [0, 0.1) is 0 Å². The minimum absolute atomic E-state index is 0.0911. The molecular formula is C16H16ClNO3. The van der Waals surface area contributed by atoms with Gasteiger partial charge in [-0.2, -0.15) is 0 Å². The zero-order valence-corrected chi connectivity index (χ0v) is 12.4. The van der Waals surface area contributed by atoms with Crippen molar-refractivity contribution in [1.82, 2.24) is 0 Å². The van der Waals surface area contributed by atoms with Crippen molar-refractivity contribution in [3.8, 4) is 5.75 Å². The third-order valence-corrected chi connectivity index (χ3v) is 3.26. The largest absolute Gasteiger partial charge is 0.494 e. The molecule has 0 saturated heterocycles. The number of hydrogen-bond donors (Lipinski definition) is 2. The van der Waals surface area contributed by atoms with Gasteiger partial charge < -0.3 is 15.2 Å². The van der Waals surface area contributed by atoms with Crippen molar-refractivity contribution in [3.05, 3.63) is 58.6 Å². The molecule has 0 radical (unpaired) electrons. The Bertz CT molecular complexity index is 626. The molecule has 2 rings (SSSR count). The molecule has 2 N–H and O–H groups in total. The fraction of sp³-hybridized carbons (Fsp3) is 0.188. The molecule has 0 bridgehead atoms. The molecule has 0 aliphatic heterocycles. The Labute approximate surface area is 128 Å². The van der Waals surface area contributed by atoms with Gasteiger partial charge >= 0.3 is 5.97 Å². The average molecular weight is 306 g/mol. The SMILES string of the molecule is CCOc1ccc(CNc2ccc(Cl)c(C(=O)O)c2)cc1. The number of rotatable bonds is 6. The molecule has 0 unspecified atom stereocenters. The van der Waals surface area contributed by atoms with Crippen LogP contribution >= 0.6 is 11.6 Å². The summed E-state index contributed by atoms with van der Waals surface area (Å²) in [6.45, 7) is 3.17. The third-order valence-electron chi connectivity index (χ3n) is 2.93. The highest BCUT2D eigenvalue weighted by Crippen LogP contribution is 2.21. The molecule has 0 heterocycles. The van der Waals surface area contributed by atoms with Gasteiger partial charge in [0.25, 0.3) is 0 Å². The number of nitrogens with one attached hydrogen (secondary N) is 1. The third kappa shape index (κ3) is 4.13. The Balaban J connectivity index is 2.02. The lowest BCUT2D eigenvalue weighted by Crippen LogP contribution is -2.03. The van der Waals surface area contributed by atoms with E-state index in [0.29, 0.717) is 18.8 Å². The summed E-state index contributed by atoms with van der Waals surface area (Å²) >= 11 is 5.83. The number of ether oxygens (including phenoxy) is 1. The van der Waals surface area contributed by atoms with Gasteiger partial charge in [-0.25, -0.2) is 4.79 Å². The molecule has 0 aliphatic rings. The quantitative estimate of drug-likeness (QED) is 0.845. The van der Waals surface area contributed by atoms with Gasteiger partial charge in [0.1, 0.15) is 5.75 Å². The van der Waals surface area contributed by atoms with Crippen LogP contribution in [0.4, 0.5) is 5.69 Å². The van der Waals surface area contributed by atoms with Crippen molar-refractivity contribution in [2.75, 3.05) is 11.9 Å². The summed E-state index contributed by atoms with van der Waals surface area (Å²) in [7, 11) is 0. The topological polar surface area (TPSA) is 58.6 Å². The van der Waals surface area contributed by atoms with Gasteiger partial charge in [-0.3, -0.25) is 0 Å². The number of aromatic carboxylic acids is 1. The predicted octanol–water partition coefficient (Wildman–Crippen LogP) is 4.05. The van der Waals surface area contributed by atoms with Gasteiger partial charge in [0.2, 0.25) is 0 Å². The molecule has 0 spiro atoms. The van der Waals surface area contributed by atoms with E-state index in [1.165, 1.54) is 6.07 Å². The molecule has 0 aliphatic carbocycles. The minimum Gasteiger partial charge on any atom is -0.494 e. The van der Waals surface area contributed by atoms with E-state index in [1.54, 1.807) is 12.1 Å². The number of anilines is 1. The Kier molecular flexibility index (Phi) is 5.06. The van der Waals surface area contributed by atoms with E-state index in [4.69, 9.17) is 21.4 Å². The van der Waals surface area contributed by atoms with Crippen molar-refractivity contribution >= 4 is 23.3 Å². The van der Waals surface area contributed by atoms with Crippen molar-refractivity contribution in [2.24, 2.45) is 0 Å². The van der Waals surface area contributed by atoms with Crippen molar-refractivity contribution in [2.45, 2.75) is 13.5 Å². The summed E-state index contributed by atoms with van der Waals surface area (Å²) in [6, 6.07) is 12.6. The molecule has 5 heteroatoms. The molecule has 0 fully saturated rings. The molecule has 4 nitrogen and oxygen atoms in total. The van der Waals surface area contributed by atoms with Crippen LogP contribution in [0.2, 0.25) is 5.02 Å². The van der Waals surface area contributed by atoms with Gasteiger partial charge in [-0.1, -0.05) is 23.7 Å². The molecule has 0 saturated carbocycles. The maximum absolute atomic E-state index is 11.0. The van der Waals surface area contributed by atoms with Gasteiger partial charge in [0.15, 0.2) is 0 Å². The number of carboxylic acid groups (broad SMARTS) is 1. The molecule has 2 aromatic rings. The lowest BCUT2D eigenvalue weighted by atomic mass is 10.2. The van der Waals surface area contributed by atoms with Crippen molar-refractivity contribution < 1.29 is 14.6 Å². The summed E-state index contributed by atoms with van der Waals surface area (Å²) < 4.78 is 5.38. The van der Waals surface area contributed by atoms with Gasteiger partial charge in [-0.05, 0) is 42.8 Å². The normalized spacial score (nSPS) is 10.2. The highest BCUT2D eigenvalue weighted by Gasteiger charge is 2.09. The number of carbonyl (C=O) groups is 1. The summed E-state index contributed by atoms with van der Waals surface area (Å²) in [6.07, 6.45) is 0. The number of carboxylic acids is 1. The lowest BCUT2D eigenvalue weighted by Gasteiger charge is -2.09. The zero-order chi connectivity index (χ0) is 15.2. The lowest BCUT2D eigenvalue weighted by molar-refractivity contribution is 0.0697. The van der Waals surface area contributed by atoms with E-state index < -0.39 is 5.97 Å². The maximum atomic E-state index is 11.0. The summed E-state index contributed by atoms with van der Waals surface area (Å²) in [5, 5.41) is 12.4. The summed E-state index contributed by atoms with van der Waals surface area (Å²) in [5.74, 6) is -0.203. The average Bonchev–Trinajstić information content (AvgIpc) is 2.48. The first-order chi connectivity index (χ1) is 10.1. The number of hydrogen-bond acceptors (Lipinski definition) is 3. The van der Waals surface area contributed by atoms with E-state index in [9.17, 15) is 4.79 Å². The highest BCUT2D eigenvalue weighted by molar-refractivity contribution is 6.33. The van der Waals surface area contributed by atoms with Gasteiger partial charge in [0.05, 0.1) is 17.2 Å². The van der Waals surface area contributed by atoms with E-state index in [-0.39, 0.29) is 10.6 Å². The van der Waals surface area contributed by atoms with Gasteiger partial charge in [-0.15, -0.1) is 0 Å². The minimum atomic E-state index is -1.04. The standard InChI is InChI=1S/C16H16ClNO3/c1-2-21-13-6-3-11(4-7-13)10-18-12-5-8-15(17)14(9-12)16(19)20/h3-9,18H,2,10H2,1H3,(H,19,20). The van der Waals surface area contributed by atoms with Crippen molar-refractivity contribution in [3.63, 3.8) is 0 Å². The second kappa shape index (κ2) is 6.99. The van der Waals surface area contributed by atoms with Crippen LogP contribution in [0.25, 0.3) is 0 Å². The van der Waals surface area contributed by atoms with Crippen LogP contribution in [-0.2, 0) is 6.54 Å². The summed E-state index contributed by atoms with van der Waals surface area (Å²) in [4.78, 5) is 11.0. The Morgan fingerprint density at radius 1 is 1.24 bits per heavy atom. The summed E-state index contributed by atoms with van der Waals surface area (Å²) in [5.41, 5.74) is 1.88. The molecule has 110 valence electrons. The highest BCUT2D eigenvalue weighted by atomic mass is 35.5. The maximum Gasteiger partial charge on any atom is 0.337 e. The van der Waals surface area contributed by atoms with E-state index in [0.717, 1.165) is 11.3 Å². The fourth-order valence-electron chi connectivity index (χ4n) is 1.87. The first kappa shape index (κ1) is 15.2. The predicted molar refractivity (Wildman–Crippen MR) is 83.3 cm³/mol. The Hall–Kier alpha value is -2.20. The van der Waals surface area contributed by atoms with Crippen LogP contribution in [0.3, 0.4) is 0 Å². The van der Waals surface area contributed by atoms with Crippen LogP contribution in [0.15, 0.2) is 42.5 Å². The van der Waals surface area contributed by atoms with Crippen LogP contribution in [0.1, 0.15) is 22.8 Å². The molecule has 0 aromatic heterocycles. The second-order valence-electron chi connectivity index (χ2n) is 4.43. The second-order valence-corrected chi connectivity index (χ2v) is 4.84. The van der Waals surface area contributed by atoms with Gasteiger partial charge in [0, 0.05) is 12.2 Å². The number of benzene rings is 2. The Morgan fingerprint density at radius 2 is 1.95 bits per heavy atom. The monoisotopic (exact) mass is 305 g/mol. The van der Waals surface area contributed by atoms with Crippen LogP contribution in [0.5, 0.6) is 5.75 Å². The fourth-order valence-corrected chi connectivity index (χ4v) is 2.07. The zero-order valence-electron chi connectivity index (χ0n) is 11.6.